The highest BCUT2D eigenvalue weighted by atomic mass is 16.6. The average molecular weight is 293 g/mol. The second kappa shape index (κ2) is 8.94. The fourth-order valence-electron chi connectivity index (χ4n) is 2.03. The van der Waals surface area contributed by atoms with Crippen molar-refractivity contribution < 1.29 is 9.72 Å². The summed E-state index contributed by atoms with van der Waals surface area (Å²) >= 11 is 0. The Balaban J connectivity index is 2.74. The number of hydrogen-bond acceptors (Lipinski definition) is 4. The van der Waals surface area contributed by atoms with E-state index < -0.39 is 4.92 Å². The molecule has 0 unspecified atom stereocenters. The first-order valence-electron chi connectivity index (χ1n) is 7.40. The Morgan fingerprint density at radius 3 is 2.62 bits per heavy atom. The molecule has 21 heavy (non-hydrogen) atoms. The fourth-order valence-corrected chi connectivity index (χ4v) is 2.03. The van der Waals surface area contributed by atoms with E-state index in [1.807, 2.05) is 6.92 Å². The number of benzene rings is 1. The van der Waals surface area contributed by atoms with Crippen molar-refractivity contribution in [3.05, 3.63) is 33.9 Å². The van der Waals surface area contributed by atoms with Gasteiger partial charge in [-0.1, -0.05) is 26.2 Å². The Hall–Kier alpha value is -2.11. The van der Waals surface area contributed by atoms with Crippen molar-refractivity contribution in [2.45, 2.75) is 39.5 Å². The molecule has 0 aliphatic carbocycles. The van der Waals surface area contributed by atoms with Gasteiger partial charge >= 0.3 is 0 Å². The van der Waals surface area contributed by atoms with Crippen molar-refractivity contribution in [2.24, 2.45) is 0 Å². The molecular formula is C15H23N3O3. The molecule has 0 bridgehead atoms. The molecule has 0 fully saturated rings. The van der Waals surface area contributed by atoms with Crippen LogP contribution in [0.5, 0.6) is 0 Å². The predicted molar refractivity (Wildman–Crippen MR) is 83.7 cm³/mol. The van der Waals surface area contributed by atoms with Gasteiger partial charge in [0.25, 0.3) is 11.6 Å². The number of nitro groups is 1. The molecule has 6 heteroatoms. The second-order valence-electron chi connectivity index (χ2n) is 4.83. The molecule has 1 rings (SSSR count). The molecule has 1 aromatic rings. The molecule has 0 aromatic heterocycles. The van der Waals surface area contributed by atoms with E-state index in [0.29, 0.717) is 24.3 Å². The molecule has 116 valence electrons. The fraction of sp³-hybridized carbons (Fsp3) is 0.533. The molecule has 0 spiro atoms. The molecule has 0 heterocycles. The van der Waals surface area contributed by atoms with Gasteiger partial charge in [-0.25, -0.2) is 0 Å². The SMILES string of the molecule is CCCCCCNC(=O)c1cc([N+](=O)[O-])ccc1NCC. The number of carbonyl (C=O) groups excluding carboxylic acids is 1. The summed E-state index contributed by atoms with van der Waals surface area (Å²) in [5, 5.41) is 16.7. The summed E-state index contributed by atoms with van der Waals surface area (Å²) in [7, 11) is 0. The topological polar surface area (TPSA) is 84.3 Å². The summed E-state index contributed by atoms with van der Waals surface area (Å²) < 4.78 is 0. The van der Waals surface area contributed by atoms with Gasteiger partial charge in [-0.3, -0.25) is 14.9 Å². The number of unbranched alkanes of at least 4 members (excludes halogenated alkanes) is 3. The third-order valence-electron chi connectivity index (χ3n) is 3.14. The number of hydrogen-bond donors (Lipinski definition) is 2. The first kappa shape index (κ1) is 16.9. The van der Waals surface area contributed by atoms with E-state index in [1.165, 1.54) is 12.1 Å². The van der Waals surface area contributed by atoms with Gasteiger partial charge in [0.1, 0.15) is 0 Å². The molecule has 6 nitrogen and oxygen atoms in total. The molecule has 0 aliphatic rings. The zero-order chi connectivity index (χ0) is 15.7. The number of rotatable bonds is 9. The molecular weight excluding hydrogens is 270 g/mol. The van der Waals surface area contributed by atoms with Gasteiger partial charge in [0.2, 0.25) is 0 Å². The molecule has 0 saturated carbocycles. The minimum Gasteiger partial charge on any atom is -0.385 e. The minimum atomic E-state index is -0.492. The van der Waals surface area contributed by atoms with Crippen LogP contribution in [0, 0.1) is 10.1 Å². The Morgan fingerprint density at radius 2 is 2.00 bits per heavy atom. The average Bonchev–Trinajstić information content (AvgIpc) is 2.47. The largest absolute Gasteiger partial charge is 0.385 e. The van der Waals surface area contributed by atoms with Crippen LogP contribution in [0.3, 0.4) is 0 Å². The monoisotopic (exact) mass is 293 g/mol. The molecule has 1 aromatic carbocycles. The molecule has 1 amide bonds. The molecule has 0 saturated heterocycles. The van der Waals surface area contributed by atoms with Crippen LogP contribution < -0.4 is 10.6 Å². The van der Waals surface area contributed by atoms with Gasteiger partial charge in [0.15, 0.2) is 0 Å². The van der Waals surface area contributed by atoms with Crippen LogP contribution in [0.15, 0.2) is 18.2 Å². The Morgan fingerprint density at radius 1 is 1.24 bits per heavy atom. The van der Waals surface area contributed by atoms with Crippen LogP contribution >= 0.6 is 0 Å². The van der Waals surface area contributed by atoms with Crippen molar-refractivity contribution in [3.8, 4) is 0 Å². The zero-order valence-electron chi connectivity index (χ0n) is 12.6. The summed E-state index contributed by atoms with van der Waals surface area (Å²) in [5.74, 6) is -0.272. The lowest BCUT2D eigenvalue weighted by Crippen LogP contribution is -2.25. The quantitative estimate of drug-likeness (QED) is 0.415. The highest BCUT2D eigenvalue weighted by Crippen LogP contribution is 2.22. The van der Waals surface area contributed by atoms with Crippen molar-refractivity contribution in [1.29, 1.82) is 0 Å². The van der Waals surface area contributed by atoms with E-state index in [-0.39, 0.29) is 11.6 Å². The highest BCUT2D eigenvalue weighted by Gasteiger charge is 2.16. The zero-order valence-corrected chi connectivity index (χ0v) is 12.6. The van der Waals surface area contributed by atoms with Gasteiger partial charge < -0.3 is 10.6 Å². The number of nitro benzene ring substituents is 1. The van der Waals surface area contributed by atoms with Gasteiger partial charge in [0, 0.05) is 30.9 Å². The number of nitrogens with one attached hydrogen (secondary N) is 2. The first-order chi connectivity index (χ1) is 10.1. The lowest BCUT2D eigenvalue weighted by atomic mass is 10.1. The predicted octanol–water partition coefficient (Wildman–Crippen LogP) is 3.34. The molecule has 0 aliphatic heterocycles. The third-order valence-corrected chi connectivity index (χ3v) is 3.14. The van der Waals surface area contributed by atoms with Gasteiger partial charge in [-0.2, -0.15) is 0 Å². The van der Waals surface area contributed by atoms with E-state index in [4.69, 9.17) is 0 Å². The van der Waals surface area contributed by atoms with Crippen molar-refractivity contribution in [3.63, 3.8) is 0 Å². The van der Waals surface area contributed by atoms with E-state index in [0.717, 1.165) is 25.7 Å². The van der Waals surface area contributed by atoms with Gasteiger partial charge in [-0.05, 0) is 19.4 Å². The van der Waals surface area contributed by atoms with Crippen molar-refractivity contribution in [1.82, 2.24) is 5.32 Å². The maximum atomic E-state index is 12.2. The summed E-state index contributed by atoms with van der Waals surface area (Å²) in [6.07, 6.45) is 4.29. The molecule has 0 radical (unpaired) electrons. The van der Waals surface area contributed by atoms with E-state index in [9.17, 15) is 14.9 Å². The number of amides is 1. The standard InChI is InChI=1S/C15H23N3O3/c1-3-5-6-7-10-17-15(19)13-11-12(18(20)21)8-9-14(13)16-4-2/h8-9,11,16H,3-7,10H2,1-2H3,(H,17,19). The maximum Gasteiger partial charge on any atom is 0.270 e. The lowest BCUT2D eigenvalue weighted by molar-refractivity contribution is -0.384. The summed E-state index contributed by atoms with van der Waals surface area (Å²) in [6.45, 7) is 5.28. The van der Waals surface area contributed by atoms with Crippen LogP contribution in [0.2, 0.25) is 0 Å². The van der Waals surface area contributed by atoms with Crippen LogP contribution in [0.1, 0.15) is 49.9 Å². The van der Waals surface area contributed by atoms with Crippen LogP contribution in [-0.4, -0.2) is 23.9 Å². The minimum absolute atomic E-state index is 0.0761. The molecule has 0 atom stereocenters. The maximum absolute atomic E-state index is 12.2. The number of anilines is 1. The van der Waals surface area contributed by atoms with Crippen LogP contribution in [-0.2, 0) is 0 Å². The third kappa shape index (κ3) is 5.41. The van der Waals surface area contributed by atoms with Crippen molar-refractivity contribution in [2.75, 3.05) is 18.4 Å². The summed E-state index contributed by atoms with van der Waals surface area (Å²) in [6, 6.07) is 4.29. The number of carbonyl (C=O) groups is 1. The number of nitrogens with zero attached hydrogens (tertiary/aromatic N) is 1. The van der Waals surface area contributed by atoms with Gasteiger partial charge in [-0.15, -0.1) is 0 Å². The Kier molecular flexibility index (Phi) is 7.21. The Labute approximate surface area is 125 Å². The first-order valence-corrected chi connectivity index (χ1v) is 7.40. The second-order valence-corrected chi connectivity index (χ2v) is 4.83. The van der Waals surface area contributed by atoms with E-state index >= 15 is 0 Å². The van der Waals surface area contributed by atoms with E-state index in [1.54, 1.807) is 6.07 Å². The van der Waals surface area contributed by atoms with E-state index in [2.05, 4.69) is 17.6 Å². The smallest absolute Gasteiger partial charge is 0.270 e. The van der Waals surface area contributed by atoms with Gasteiger partial charge in [0.05, 0.1) is 10.5 Å². The lowest BCUT2D eigenvalue weighted by Gasteiger charge is -2.11. The number of non-ortho nitro benzene ring substituents is 1. The highest BCUT2D eigenvalue weighted by molar-refractivity contribution is 6.00. The van der Waals surface area contributed by atoms with Crippen LogP contribution in [0.25, 0.3) is 0 Å². The van der Waals surface area contributed by atoms with Crippen LogP contribution in [0.4, 0.5) is 11.4 Å². The summed E-state index contributed by atoms with van der Waals surface area (Å²) in [4.78, 5) is 22.5. The Bertz CT molecular complexity index is 489. The summed E-state index contributed by atoms with van der Waals surface area (Å²) in [5.41, 5.74) is 0.864. The van der Waals surface area contributed by atoms with Crippen molar-refractivity contribution >= 4 is 17.3 Å². The molecule has 2 N–H and O–H groups in total. The normalized spacial score (nSPS) is 10.2.